The maximum absolute atomic E-state index is 13.0. The first-order valence-corrected chi connectivity index (χ1v) is 12.4. The fourth-order valence-corrected chi connectivity index (χ4v) is 5.97. The van der Waals surface area contributed by atoms with Gasteiger partial charge in [0.15, 0.2) is 0 Å². The Kier molecular flexibility index (Phi) is 7.45. The van der Waals surface area contributed by atoms with E-state index < -0.39 is 10.0 Å². The van der Waals surface area contributed by atoms with E-state index in [1.165, 1.54) is 8.99 Å². The van der Waals surface area contributed by atoms with Crippen LogP contribution in [0.5, 0.6) is 5.75 Å². The van der Waals surface area contributed by atoms with Gasteiger partial charge in [0.05, 0.1) is 18.5 Å². The number of amides is 1. The fraction of sp³-hybridized carbons (Fsp3) is 0.545. The van der Waals surface area contributed by atoms with E-state index in [-0.39, 0.29) is 17.3 Å². The van der Waals surface area contributed by atoms with Crippen LogP contribution in [0, 0.1) is 13.8 Å². The summed E-state index contributed by atoms with van der Waals surface area (Å²) in [7, 11) is -1.99. The van der Waals surface area contributed by atoms with Gasteiger partial charge < -0.3 is 14.5 Å². The maximum atomic E-state index is 13.0. The highest BCUT2D eigenvalue weighted by Crippen LogP contribution is 2.24. The Bertz CT molecular complexity index is 1040. The molecule has 1 aromatic heterocycles. The molecule has 1 aliphatic rings. The van der Waals surface area contributed by atoms with E-state index in [1.54, 1.807) is 21.0 Å². The van der Waals surface area contributed by atoms with Gasteiger partial charge in [-0.15, -0.1) is 0 Å². The van der Waals surface area contributed by atoms with Crippen molar-refractivity contribution in [1.29, 1.82) is 0 Å². The van der Waals surface area contributed by atoms with E-state index in [9.17, 15) is 13.2 Å². The van der Waals surface area contributed by atoms with Crippen LogP contribution in [0.15, 0.2) is 29.2 Å². The van der Waals surface area contributed by atoms with E-state index in [0.717, 1.165) is 24.5 Å². The number of aryl methyl sites for hydroxylation is 1. The van der Waals surface area contributed by atoms with Crippen LogP contribution in [0.25, 0.3) is 0 Å². The van der Waals surface area contributed by atoms with Crippen molar-refractivity contribution in [1.82, 2.24) is 19.0 Å². The first kappa shape index (κ1) is 24.1. The Morgan fingerprint density at radius 3 is 2.19 bits per heavy atom. The minimum absolute atomic E-state index is 0.0307. The fourth-order valence-electron chi connectivity index (χ4n) is 4.14. The molecule has 0 N–H and O–H groups in total. The van der Waals surface area contributed by atoms with E-state index in [4.69, 9.17) is 4.74 Å². The zero-order valence-corrected chi connectivity index (χ0v) is 20.4. The van der Waals surface area contributed by atoms with Crippen LogP contribution in [0.2, 0.25) is 0 Å². The Morgan fingerprint density at radius 1 is 1.06 bits per heavy atom. The van der Waals surface area contributed by atoms with Crippen molar-refractivity contribution in [3.05, 3.63) is 35.7 Å². The molecule has 0 radical (unpaired) electrons. The average molecular weight is 464 g/mol. The molecule has 0 unspecified atom stereocenters. The van der Waals surface area contributed by atoms with Crippen molar-refractivity contribution in [2.24, 2.45) is 0 Å². The number of carbonyl (C=O) groups excluding carboxylic acids is 1. The lowest BCUT2D eigenvalue weighted by molar-refractivity contribution is -0.132. The molecular weight excluding hydrogens is 430 g/mol. The van der Waals surface area contributed by atoms with Gasteiger partial charge in [0, 0.05) is 45.0 Å². The van der Waals surface area contributed by atoms with E-state index in [2.05, 4.69) is 10.00 Å². The average Bonchev–Trinajstić information content (AvgIpc) is 3.07. The van der Waals surface area contributed by atoms with Gasteiger partial charge in [-0.1, -0.05) is 13.8 Å². The highest BCUT2D eigenvalue weighted by Gasteiger charge is 2.30. The molecule has 1 saturated heterocycles. The molecule has 9 nitrogen and oxygen atoms in total. The summed E-state index contributed by atoms with van der Waals surface area (Å²) in [4.78, 5) is 17.2. The molecule has 3 rings (SSSR count). The van der Waals surface area contributed by atoms with Gasteiger partial charge in [0.1, 0.15) is 17.2 Å². The molecule has 0 bridgehead atoms. The number of hydrogen-bond acceptors (Lipinski definition) is 6. The van der Waals surface area contributed by atoms with Crippen LogP contribution < -0.4 is 9.64 Å². The van der Waals surface area contributed by atoms with Crippen molar-refractivity contribution in [2.45, 2.75) is 39.1 Å². The second-order valence-electron chi connectivity index (χ2n) is 7.81. The van der Waals surface area contributed by atoms with Gasteiger partial charge in [-0.3, -0.25) is 9.48 Å². The number of nitrogens with zero attached hydrogens (tertiary/aromatic N) is 5. The number of rotatable bonds is 8. The molecule has 0 saturated carbocycles. The minimum Gasteiger partial charge on any atom is -0.497 e. The smallest absolute Gasteiger partial charge is 0.246 e. The zero-order chi connectivity index (χ0) is 23.5. The van der Waals surface area contributed by atoms with Crippen molar-refractivity contribution < 1.29 is 17.9 Å². The molecule has 1 aliphatic heterocycles. The SMILES string of the molecule is CCN(CC)S(=O)(=O)c1c(C)nn(CC(=O)N2CCN(c3ccc(OC)cc3)CC2)c1C. The first-order valence-electron chi connectivity index (χ1n) is 10.9. The summed E-state index contributed by atoms with van der Waals surface area (Å²) in [6.07, 6.45) is 0. The van der Waals surface area contributed by atoms with Gasteiger partial charge in [0.25, 0.3) is 0 Å². The second-order valence-corrected chi connectivity index (χ2v) is 9.69. The molecule has 0 aliphatic carbocycles. The standard InChI is InChI=1S/C22H33N5O4S/c1-6-26(7-2)32(29,30)22-17(3)23-27(18(22)4)16-21(28)25-14-12-24(13-15-25)19-8-10-20(31-5)11-9-19/h8-11H,6-7,12-16H2,1-5H3. The summed E-state index contributed by atoms with van der Waals surface area (Å²) in [6, 6.07) is 7.90. The molecular formula is C22H33N5O4S. The Morgan fingerprint density at radius 2 is 1.66 bits per heavy atom. The van der Waals surface area contributed by atoms with Crippen LogP contribution in [0.3, 0.4) is 0 Å². The van der Waals surface area contributed by atoms with Crippen LogP contribution in [-0.4, -0.2) is 79.7 Å². The Balaban J connectivity index is 1.67. The number of benzene rings is 1. The van der Waals surface area contributed by atoms with E-state index in [0.29, 0.717) is 37.6 Å². The number of methoxy groups -OCH3 is 1. The molecule has 2 heterocycles. The quantitative estimate of drug-likeness (QED) is 0.594. The van der Waals surface area contributed by atoms with Crippen LogP contribution in [-0.2, 0) is 21.4 Å². The van der Waals surface area contributed by atoms with E-state index >= 15 is 0 Å². The van der Waals surface area contributed by atoms with Gasteiger partial charge in [-0.2, -0.15) is 9.40 Å². The van der Waals surface area contributed by atoms with Gasteiger partial charge in [-0.25, -0.2) is 8.42 Å². The zero-order valence-electron chi connectivity index (χ0n) is 19.5. The molecule has 32 heavy (non-hydrogen) atoms. The number of hydrogen-bond donors (Lipinski definition) is 0. The monoisotopic (exact) mass is 463 g/mol. The van der Waals surface area contributed by atoms with Crippen molar-refractivity contribution in [3.8, 4) is 5.75 Å². The summed E-state index contributed by atoms with van der Waals surface area (Å²) < 4.78 is 34.2. The molecule has 2 aromatic rings. The highest BCUT2D eigenvalue weighted by atomic mass is 32.2. The lowest BCUT2D eigenvalue weighted by atomic mass is 10.2. The lowest BCUT2D eigenvalue weighted by Gasteiger charge is -2.36. The largest absolute Gasteiger partial charge is 0.497 e. The first-order chi connectivity index (χ1) is 15.2. The Hall–Kier alpha value is -2.59. The van der Waals surface area contributed by atoms with Crippen LogP contribution in [0.4, 0.5) is 5.69 Å². The second kappa shape index (κ2) is 9.91. The molecule has 1 aromatic carbocycles. The third kappa shape index (κ3) is 4.75. The molecule has 10 heteroatoms. The summed E-state index contributed by atoms with van der Waals surface area (Å²) >= 11 is 0. The predicted octanol–water partition coefficient (Wildman–Crippen LogP) is 1.89. The predicted molar refractivity (Wildman–Crippen MR) is 124 cm³/mol. The van der Waals surface area contributed by atoms with Crippen molar-refractivity contribution in [2.75, 3.05) is 51.3 Å². The molecule has 1 fully saturated rings. The lowest BCUT2D eigenvalue weighted by Crippen LogP contribution is -2.49. The van der Waals surface area contributed by atoms with Gasteiger partial charge in [-0.05, 0) is 38.1 Å². The minimum atomic E-state index is -3.64. The third-order valence-corrected chi connectivity index (χ3v) is 8.28. The summed E-state index contributed by atoms with van der Waals surface area (Å²) in [5.41, 5.74) is 2.02. The number of aromatic nitrogens is 2. The van der Waals surface area contributed by atoms with Gasteiger partial charge in [0.2, 0.25) is 15.9 Å². The Labute approximate surface area is 190 Å². The maximum Gasteiger partial charge on any atom is 0.246 e. The van der Waals surface area contributed by atoms with Crippen LogP contribution >= 0.6 is 0 Å². The summed E-state index contributed by atoms with van der Waals surface area (Å²) in [6.45, 7) is 10.5. The number of anilines is 1. The molecule has 1 amide bonds. The molecule has 176 valence electrons. The van der Waals surface area contributed by atoms with Crippen molar-refractivity contribution in [3.63, 3.8) is 0 Å². The number of carbonyl (C=O) groups is 1. The normalized spacial score (nSPS) is 14.8. The number of ether oxygens (including phenoxy) is 1. The highest BCUT2D eigenvalue weighted by molar-refractivity contribution is 7.89. The van der Waals surface area contributed by atoms with E-state index in [1.807, 2.05) is 43.0 Å². The summed E-state index contributed by atoms with van der Waals surface area (Å²) in [5, 5.41) is 4.38. The molecule has 0 spiro atoms. The topological polar surface area (TPSA) is 88.0 Å². The number of piperazine rings is 1. The number of sulfonamides is 1. The van der Waals surface area contributed by atoms with Crippen LogP contribution in [0.1, 0.15) is 25.2 Å². The van der Waals surface area contributed by atoms with Crippen molar-refractivity contribution >= 4 is 21.6 Å². The van der Waals surface area contributed by atoms with Gasteiger partial charge >= 0.3 is 0 Å². The summed E-state index contributed by atoms with van der Waals surface area (Å²) in [5.74, 6) is 0.756. The molecule has 0 atom stereocenters. The third-order valence-electron chi connectivity index (χ3n) is 5.97.